The van der Waals surface area contributed by atoms with Crippen LogP contribution in [-0.4, -0.2) is 35.5 Å². The van der Waals surface area contributed by atoms with E-state index in [1.807, 2.05) is 58.1 Å². The summed E-state index contributed by atoms with van der Waals surface area (Å²) in [4.78, 5) is 40.5. The van der Waals surface area contributed by atoms with Crippen LogP contribution in [0.3, 0.4) is 0 Å². The Morgan fingerprint density at radius 2 is 1.68 bits per heavy atom. The van der Waals surface area contributed by atoms with E-state index in [0.29, 0.717) is 50.2 Å². The smallest absolute Gasteiger partial charge is 0.305 e. The summed E-state index contributed by atoms with van der Waals surface area (Å²) in [6.45, 7) is 0.950. The quantitative estimate of drug-likeness (QED) is 0.413. The van der Waals surface area contributed by atoms with E-state index >= 15 is 0 Å². The zero-order valence-electron chi connectivity index (χ0n) is 18.8. The Morgan fingerprint density at radius 3 is 2.59 bits per heavy atom. The second-order valence-corrected chi connectivity index (χ2v) is 9.10. The second-order valence-electron chi connectivity index (χ2n) is 9.10. The summed E-state index contributed by atoms with van der Waals surface area (Å²) in [5.74, 6) is -0.766. The van der Waals surface area contributed by atoms with Crippen molar-refractivity contribution < 1.29 is 19.1 Å². The number of benzene rings is 2. The Labute approximate surface area is 197 Å². The lowest BCUT2D eigenvalue weighted by Gasteiger charge is -2.21. The number of imide groups is 1. The fraction of sp³-hybridized carbons (Fsp3) is 0.296. The molecule has 0 fully saturated rings. The van der Waals surface area contributed by atoms with Gasteiger partial charge in [0.2, 0.25) is 0 Å². The molecular weight excluding hydrogens is 430 g/mol. The third-order valence-corrected chi connectivity index (χ3v) is 7.04. The lowest BCUT2D eigenvalue weighted by atomic mass is 9.95. The van der Waals surface area contributed by atoms with Crippen LogP contribution in [0.25, 0.3) is 16.6 Å². The Morgan fingerprint density at radius 1 is 0.882 bits per heavy atom. The number of para-hydroxylation sites is 2. The molecule has 0 aliphatic carbocycles. The van der Waals surface area contributed by atoms with Crippen LogP contribution >= 0.6 is 0 Å². The van der Waals surface area contributed by atoms with Gasteiger partial charge in [-0.3, -0.25) is 19.7 Å². The lowest BCUT2D eigenvalue weighted by molar-refractivity contribution is -0.143. The number of aryl methyl sites for hydroxylation is 1. The summed E-state index contributed by atoms with van der Waals surface area (Å²) in [7, 11) is 0. The van der Waals surface area contributed by atoms with Gasteiger partial charge in [0.25, 0.3) is 11.8 Å². The number of rotatable bonds is 0. The van der Waals surface area contributed by atoms with Gasteiger partial charge in [-0.1, -0.05) is 36.4 Å². The van der Waals surface area contributed by atoms with Crippen LogP contribution in [0.4, 0.5) is 5.69 Å². The van der Waals surface area contributed by atoms with E-state index in [-0.39, 0.29) is 23.7 Å². The van der Waals surface area contributed by atoms with Crippen LogP contribution in [0, 0.1) is 0 Å². The van der Waals surface area contributed by atoms with Gasteiger partial charge in [0, 0.05) is 36.2 Å². The normalized spacial score (nSPS) is 20.9. The van der Waals surface area contributed by atoms with E-state index in [1.165, 1.54) is 0 Å². The van der Waals surface area contributed by atoms with Gasteiger partial charge >= 0.3 is 5.97 Å². The maximum Gasteiger partial charge on any atom is 0.305 e. The average molecular weight is 456 g/mol. The first-order valence-electron chi connectivity index (χ1n) is 11.8. The van der Waals surface area contributed by atoms with Crippen LogP contribution in [0.15, 0.2) is 60.4 Å². The van der Waals surface area contributed by atoms with Gasteiger partial charge in [0.05, 0.1) is 12.1 Å². The average Bonchev–Trinajstić information content (AvgIpc) is 3.47. The number of anilines is 1. The van der Waals surface area contributed by atoms with Crippen molar-refractivity contribution in [3.63, 3.8) is 0 Å². The number of fused-ring (bicyclic) bond motifs is 12. The first-order valence-corrected chi connectivity index (χ1v) is 11.8. The molecule has 6 rings (SSSR count). The molecule has 7 heteroatoms. The van der Waals surface area contributed by atoms with E-state index in [2.05, 4.69) is 11.4 Å². The van der Waals surface area contributed by atoms with Gasteiger partial charge in [-0.05, 0) is 48.9 Å². The van der Waals surface area contributed by atoms with Gasteiger partial charge in [0.15, 0.2) is 0 Å². The van der Waals surface area contributed by atoms with E-state index in [1.54, 1.807) is 0 Å². The molecule has 34 heavy (non-hydrogen) atoms. The maximum atomic E-state index is 13.1. The van der Waals surface area contributed by atoms with Crippen molar-refractivity contribution >= 4 is 40.1 Å². The maximum absolute atomic E-state index is 13.1. The highest BCUT2D eigenvalue weighted by molar-refractivity contribution is 6.34. The van der Waals surface area contributed by atoms with E-state index in [9.17, 15) is 14.4 Å². The number of aromatic nitrogens is 1. The molecule has 2 amide bonds. The number of carbonyl (C=O) groups is 3. The van der Waals surface area contributed by atoms with Crippen LogP contribution in [0.2, 0.25) is 0 Å². The highest BCUT2D eigenvalue weighted by atomic mass is 16.5. The molecule has 3 aliphatic rings. The SMILES string of the molecule is O=C1CCCC2CN(C3=C(C(=O)NC3=O)n3cc(c4ccccc43)CCCO1)c1ccccc12. The number of hydrogen-bond acceptors (Lipinski definition) is 5. The Balaban J connectivity index is 1.56. The molecule has 0 spiro atoms. The largest absolute Gasteiger partial charge is 0.466 e. The summed E-state index contributed by atoms with van der Waals surface area (Å²) in [5, 5.41) is 3.56. The van der Waals surface area contributed by atoms with Crippen molar-refractivity contribution in [2.24, 2.45) is 0 Å². The first-order chi connectivity index (χ1) is 16.6. The summed E-state index contributed by atoms with van der Waals surface area (Å²) < 4.78 is 7.33. The predicted octanol–water partition coefficient (Wildman–Crippen LogP) is 3.73. The van der Waals surface area contributed by atoms with Crippen LogP contribution < -0.4 is 10.2 Å². The number of esters is 1. The van der Waals surface area contributed by atoms with Crippen LogP contribution in [0.1, 0.15) is 42.7 Å². The van der Waals surface area contributed by atoms with Crippen LogP contribution in [0.5, 0.6) is 0 Å². The molecule has 4 bridgehead atoms. The molecule has 1 atom stereocenters. The zero-order chi connectivity index (χ0) is 23.2. The second kappa shape index (κ2) is 8.17. The molecule has 3 aromatic rings. The van der Waals surface area contributed by atoms with Crippen molar-refractivity contribution in [1.82, 2.24) is 9.88 Å². The summed E-state index contributed by atoms with van der Waals surface area (Å²) in [5.41, 5.74) is 4.75. The molecule has 1 aromatic heterocycles. The fourth-order valence-electron chi connectivity index (χ4n) is 5.51. The minimum Gasteiger partial charge on any atom is -0.466 e. The Hall–Kier alpha value is -3.87. The lowest BCUT2D eigenvalue weighted by Crippen LogP contribution is -2.30. The molecule has 0 saturated carbocycles. The number of ether oxygens (including phenoxy) is 1. The van der Waals surface area contributed by atoms with Gasteiger partial charge in [-0.2, -0.15) is 0 Å². The molecule has 1 unspecified atom stereocenters. The van der Waals surface area contributed by atoms with Gasteiger partial charge in [-0.15, -0.1) is 0 Å². The minimum absolute atomic E-state index is 0.158. The van der Waals surface area contributed by atoms with Gasteiger partial charge in [-0.25, -0.2) is 0 Å². The fourth-order valence-corrected chi connectivity index (χ4v) is 5.51. The molecule has 172 valence electrons. The monoisotopic (exact) mass is 455 g/mol. The predicted molar refractivity (Wildman–Crippen MR) is 128 cm³/mol. The molecule has 7 nitrogen and oxygen atoms in total. The zero-order valence-corrected chi connectivity index (χ0v) is 18.8. The van der Waals surface area contributed by atoms with E-state index in [4.69, 9.17) is 4.74 Å². The van der Waals surface area contributed by atoms with Crippen molar-refractivity contribution in [2.75, 3.05) is 18.1 Å². The highest BCUT2D eigenvalue weighted by Crippen LogP contribution is 2.43. The van der Waals surface area contributed by atoms with Crippen molar-refractivity contribution in [2.45, 2.75) is 38.0 Å². The highest BCUT2D eigenvalue weighted by Gasteiger charge is 2.41. The summed E-state index contributed by atoms with van der Waals surface area (Å²) in [6.07, 6.45) is 5.24. The van der Waals surface area contributed by atoms with Gasteiger partial charge < -0.3 is 14.2 Å². The minimum atomic E-state index is -0.386. The molecule has 4 heterocycles. The summed E-state index contributed by atoms with van der Waals surface area (Å²) in [6, 6.07) is 15.9. The number of amides is 2. The van der Waals surface area contributed by atoms with Crippen molar-refractivity contribution in [3.8, 4) is 0 Å². The summed E-state index contributed by atoms with van der Waals surface area (Å²) >= 11 is 0. The van der Waals surface area contributed by atoms with Crippen LogP contribution in [-0.2, 0) is 25.5 Å². The van der Waals surface area contributed by atoms with Gasteiger partial charge in [0.1, 0.15) is 11.4 Å². The molecule has 3 aliphatic heterocycles. The third kappa shape index (κ3) is 3.31. The first kappa shape index (κ1) is 20.7. The molecule has 1 N–H and O–H groups in total. The topological polar surface area (TPSA) is 80.6 Å². The number of nitrogens with zero attached hydrogens (tertiary/aromatic N) is 2. The number of nitrogens with one attached hydrogen (secondary N) is 1. The molecule has 2 aromatic carbocycles. The standard InChI is InChI=1S/C27H25N3O4/c31-23-13-5-7-17-15-29(21-11-3-1-9-19(17)21)24-25(27(33)28-26(24)32)30-16-18(8-6-14-34-23)20-10-2-4-12-22(20)30/h1-4,9-12,16-17H,5-8,13-15H2,(H,28,32,33). The Kier molecular flexibility index (Phi) is 4.98. The van der Waals surface area contributed by atoms with Crippen molar-refractivity contribution in [3.05, 3.63) is 71.6 Å². The molecule has 0 radical (unpaired) electrons. The van der Waals surface area contributed by atoms with E-state index in [0.717, 1.165) is 34.1 Å². The third-order valence-electron chi connectivity index (χ3n) is 7.04. The number of hydrogen-bond donors (Lipinski definition) is 1. The molecular formula is C27H25N3O4. The van der Waals surface area contributed by atoms with Crippen molar-refractivity contribution in [1.29, 1.82) is 0 Å². The number of cyclic esters (lactones) is 1. The Bertz CT molecular complexity index is 1370. The van der Waals surface area contributed by atoms with E-state index < -0.39 is 0 Å². The number of carbonyl (C=O) groups excluding carboxylic acids is 3. The molecule has 0 saturated heterocycles.